The molecule has 1 atom stereocenters. The van der Waals surface area contributed by atoms with Crippen molar-refractivity contribution in [3.05, 3.63) is 168 Å². The molecule has 8 aromatic rings. The molecule has 0 fully saturated rings. The number of amidine groups is 2. The van der Waals surface area contributed by atoms with Gasteiger partial charge in [-0.05, 0) is 39.2 Å². The minimum atomic E-state index is -0.359. The Labute approximate surface area is 260 Å². The Balaban J connectivity index is 1.26. The molecule has 1 aliphatic heterocycles. The van der Waals surface area contributed by atoms with Gasteiger partial charge < -0.3 is 9.73 Å². The van der Waals surface area contributed by atoms with Crippen molar-refractivity contribution in [1.82, 2.24) is 5.32 Å². The molecule has 1 aliphatic rings. The molecule has 1 N–H and O–H groups in total. The van der Waals surface area contributed by atoms with E-state index in [2.05, 4.69) is 121 Å². The maximum absolute atomic E-state index is 6.75. The largest absolute Gasteiger partial charge is 0.455 e. The van der Waals surface area contributed by atoms with Gasteiger partial charge in [-0.1, -0.05) is 140 Å². The number of rotatable bonds is 4. The Morgan fingerprint density at radius 1 is 0.533 bits per heavy atom. The van der Waals surface area contributed by atoms with Gasteiger partial charge >= 0.3 is 0 Å². The number of aliphatic imine (C=N–C) groups is 2. The van der Waals surface area contributed by atoms with Gasteiger partial charge in [0, 0.05) is 33.0 Å². The molecule has 45 heavy (non-hydrogen) atoms. The van der Waals surface area contributed by atoms with Crippen molar-refractivity contribution < 1.29 is 4.42 Å². The minimum absolute atomic E-state index is 0.359. The summed E-state index contributed by atoms with van der Waals surface area (Å²) in [5, 5.41) is 10.7. The molecule has 212 valence electrons. The topological polar surface area (TPSA) is 49.9 Å². The molecule has 0 bridgehead atoms. The number of hydrogen-bond acceptors (Lipinski definition) is 4. The SMILES string of the molecule is c1ccc(C2=NC(c3cccc4oc5c(-c6cc7ccccc7c7ccccc67)cccc5c34)NC(c3ccccc3)=N2)cc1. The van der Waals surface area contributed by atoms with Gasteiger partial charge in [0.05, 0.1) is 0 Å². The lowest BCUT2D eigenvalue weighted by Gasteiger charge is -2.24. The van der Waals surface area contributed by atoms with Crippen molar-refractivity contribution in [2.24, 2.45) is 9.98 Å². The van der Waals surface area contributed by atoms with Crippen molar-refractivity contribution in [2.75, 3.05) is 0 Å². The van der Waals surface area contributed by atoms with Crippen LogP contribution < -0.4 is 5.32 Å². The summed E-state index contributed by atoms with van der Waals surface area (Å²) in [5.41, 5.74) is 6.99. The zero-order valence-corrected chi connectivity index (χ0v) is 24.3. The van der Waals surface area contributed by atoms with Crippen molar-refractivity contribution in [2.45, 2.75) is 6.17 Å². The highest BCUT2D eigenvalue weighted by molar-refractivity contribution is 6.18. The molecule has 1 aromatic heterocycles. The fourth-order valence-corrected chi connectivity index (χ4v) is 6.66. The van der Waals surface area contributed by atoms with Gasteiger partial charge in [0.2, 0.25) is 0 Å². The number of nitrogens with one attached hydrogen (secondary N) is 1. The van der Waals surface area contributed by atoms with Crippen molar-refractivity contribution >= 4 is 55.2 Å². The molecule has 4 heteroatoms. The predicted molar refractivity (Wildman–Crippen MR) is 186 cm³/mol. The second-order valence-electron chi connectivity index (χ2n) is 11.4. The van der Waals surface area contributed by atoms with Gasteiger partial charge in [-0.15, -0.1) is 0 Å². The summed E-state index contributed by atoms with van der Waals surface area (Å²) in [6.45, 7) is 0. The summed E-state index contributed by atoms with van der Waals surface area (Å²) in [6, 6.07) is 52.7. The van der Waals surface area contributed by atoms with Crippen LogP contribution in [-0.4, -0.2) is 11.7 Å². The summed E-state index contributed by atoms with van der Waals surface area (Å²) < 4.78 is 6.75. The third-order valence-corrected chi connectivity index (χ3v) is 8.73. The number of fused-ring (bicyclic) bond motifs is 6. The van der Waals surface area contributed by atoms with Gasteiger partial charge in [0.1, 0.15) is 23.2 Å². The molecule has 7 aromatic carbocycles. The maximum Gasteiger partial charge on any atom is 0.159 e. The van der Waals surface area contributed by atoms with E-state index >= 15 is 0 Å². The van der Waals surface area contributed by atoms with Crippen LogP contribution >= 0.6 is 0 Å². The second kappa shape index (κ2) is 10.3. The van der Waals surface area contributed by atoms with Gasteiger partial charge in [-0.25, -0.2) is 9.98 Å². The van der Waals surface area contributed by atoms with Crippen LogP contribution in [0, 0.1) is 0 Å². The van der Waals surface area contributed by atoms with Crippen LogP contribution in [0.15, 0.2) is 166 Å². The zero-order valence-electron chi connectivity index (χ0n) is 24.3. The molecule has 2 heterocycles. The molecule has 1 unspecified atom stereocenters. The quantitative estimate of drug-likeness (QED) is 0.212. The van der Waals surface area contributed by atoms with Crippen LogP contribution in [-0.2, 0) is 0 Å². The van der Waals surface area contributed by atoms with E-state index in [9.17, 15) is 0 Å². The zero-order chi connectivity index (χ0) is 29.7. The molecule has 4 nitrogen and oxygen atoms in total. The Hall–Kier alpha value is -6.00. The Bertz CT molecular complexity index is 2460. The van der Waals surface area contributed by atoms with E-state index in [0.717, 1.165) is 55.6 Å². The third kappa shape index (κ3) is 4.22. The highest BCUT2D eigenvalue weighted by Gasteiger charge is 2.25. The van der Waals surface area contributed by atoms with Gasteiger partial charge in [0.15, 0.2) is 5.84 Å². The third-order valence-electron chi connectivity index (χ3n) is 8.73. The molecule has 0 radical (unpaired) electrons. The first-order valence-corrected chi connectivity index (χ1v) is 15.2. The van der Waals surface area contributed by atoms with E-state index in [1.807, 2.05) is 36.4 Å². The Morgan fingerprint density at radius 3 is 2.02 bits per heavy atom. The lowest BCUT2D eigenvalue weighted by atomic mass is 9.92. The fraction of sp³-hybridized carbons (Fsp3) is 0.0244. The number of hydrogen-bond donors (Lipinski definition) is 1. The second-order valence-corrected chi connectivity index (χ2v) is 11.4. The molecule has 0 aliphatic carbocycles. The predicted octanol–water partition coefficient (Wildman–Crippen LogP) is 10.1. The lowest BCUT2D eigenvalue weighted by molar-refractivity contribution is 0.663. The fourth-order valence-electron chi connectivity index (χ4n) is 6.66. The van der Waals surface area contributed by atoms with E-state index in [4.69, 9.17) is 14.4 Å². The minimum Gasteiger partial charge on any atom is -0.455 e. The normalized spacial score (nSPS) is 14.9. The number of furan rings is 1. The van der Waals surface area contributed by atoms with Crippen molar-refractivity contribution in [3.8, 4) is 11.1 Å². The van der Waals surface area contributed by atoms with E-state index in [-0.39, 0.29) is 6.17 Å². The molecule has 9 rings (SSSR count). The summed E-state index contributed by atoms with van der Waals surface area (Å²) >= 11 is 0. The average Bonchev–Trinajstić information content (AvgIpc) is 3.51. The summed E-state index contributed by atoms with van der Waals surface area (Å²) in [4.78, 5) is 10.1. The Morgan fingerprint density at radius 2 is 1.20 bits per heavy atom. The Kier molecular flexibility index (Phi) is 5.85. The molecule has 0 saturated carbocycles. The molecule has 0 saturated heterocycles. The van der Waals surface area contributed by atoms with Gasteiger partial charge in [-0.2, -0.15) is 0 Å². The highest BCUT2D eigenvalue weighted by atomic mass is 16.3. The van der Waals surface area contributed by atoms with E-state index in [1.54, 1.807) is 0 Å². The monoisotopic (exact) mass is 577 g/mol. The standard InChI is InChI=1S/C41H27N3O/c1-3-13-26(14-4-1)39-42-40(27-15-5-2-6-16-27)44-41(43-39)34-23-12-24-36-37(34)33-22-11-21-32(38(33)45-36)35-25-28-17-7-8-18-29(28)30-19-9-10-20-31(30)35/h1-25,41H,(H,42,43,44). The van der Waals surface area contributed by atoms with Gasteiger partial charge in [0.25, 0.3) is 0 Å². The van der Waals surface area contributed by atoms with Gasteiger partial charge in [-0.3, -0.25) is 0 Å². The first kappa shape index (κ1) is 25.5. The van der Waals surface area contributed by atoms with Crippen molar-refractivity contribution in [3.63, 3.8) is 0 Å². The van der Waals surface area contributed by atoms with Crippen LogP contribution in [0.3, 0.4) is 0 Å². The molecular formula is C41H27N3O. The molecular weight excluding hydrogens is 550 g/mol. The maximum atomic E-state index is 6.75. The first-order valence-electron chi connectivity index (χ1n) is 15.2. The smallest absolute Gasteiger partial charge is 0.159 e. The summed E-state index contributed by atoms with van der Waals surface area (Å²) in [7, 11) is 0. The van der Waals surface area contributed by atoms with Crippen LogP contribution in [0.25, 0.3) is 54.6 Å². The number of benzene rings is 7. The van der Waals surface area contributed by atoms with Crippen LogP contribution in [0.1, 0.15) is 22.9 Å². The highest BCUT2D eigenvalue weighted by Crippen LogP contribution is 2.42. The van der Waals surface area contributed by atoms with E-state index in [1.165, 1.54) is 21.5 Å². The van der Waals surface area contributed by atoms with E-state index < -0.39 is 0 Å². The molecule has 0 amide bonds. The number of nitrogens with zero attached hydrogens (tertiary/aromatic N) is 2. The average molecular weight is 578 g/mol. The first-order chi connectivity index (χ1) is 22.3. The van der Waals surface area contributed by atoms with E-state index in [0.29, 0.717) is 5.84 Å². The summed E-state index contributed by atoms with van der Waals surface area (Å²) in [6.07, 6.45) is -0.359. The summed E-state index contributed by atoms with van der Waals surface area (Å²) in [5.74, 6) is 1.49. The van der Waals surface area contributed by atoms with Crippen LogP contribution in [0.4, 0.5) is 0 Å². The molecule has 0 spiro atoms. The van der Waals surface area contributed by atoms with Crippen LogP contribution in [0.2, 0.25) is 0 Å². The number of para-hydroxylation sites is 1. The van der Waals surface area contributed by atoms with Crippen LogP contribution in [0.5, 0.6) is 0 Å². The lowest BCUT2D eigenvalue weighted by Crippen LogP contribution is -2.33. The van der Waals surface area contributed by atoms with Crippen molar-refractivity contribution in [1.29, 1.82) is 0 Å².